The quantitative estimate of drug-likeness (QED) is 0.781. The third-order valence-electron chi connectivity index (χ3n) is 1.55. The van der Waals surface area contributed by atoms with Crippen molar-refractivity contribution in [1.82, 2.24) is 14.6 Å². The highest BCUT2D eigenvalue weighted by Crippen LogP contribution is 2.06. The molecule has 0 unspecified atom stereocenters. The SMILES string of the molecule is O=C(Nc1cccc(F)n1)c1csnn1. The zero-order chi connectivity index (χ0) is 10.7. The molecule has 0 aliphatic rings. The zero-order valence-electron chi connectivity index (χ0n) is 7.35. The van der Waals surface area contributed by atoms with Crippen molar-refractivity contribution >= 4 is 23.3 Å². The summed E-state index contributed by atoms with van der Waals surface area (Å²) in [6, 6.07) is 4.14. The number of amides is 1. The minimum Gasteiger partial charge on any atom is -0.305 e. The second-order valence-electron chi connectivity index (χ2n) is 2.59. The highest BCUT2D eigenvalue weighted by Gasteiger charge is 2.09. The lowest BCUT2D eigenvalue weighted by Gasteiger charge is -2.00. The molecular weight excluding hydrogens is 219 g/mol. The van der Waals surface area contributed by atoms with Crippen LogP contribution in [0.3, 0.4) is 0 Å². The van der Waals surface area contributed by atoms with E-state index in [4.69, 9.17) is 0 Å². The largest absolute Gasteiger partial charge is 0.305 e. The smallest absolute Gasteiger partial charge is 0.278 e. The number of aromatic nitrogens is 3. The first kappa shape index (κ1) is 9.66. The second-order valence-corrected chi connectivity index (χ2v) is 3.20. The molecule has 5 nitrogen and oxygen atoms in total. The second kappa shape index (κ2) is 4.09. The van der Waals surface area contributed by atoms with Crippen LogP contribution in [-0.4, -0.2) is 20.5 Å². The summed E-state index contributed by atoms with van der Waals surface area (Å²) in [6.07, 6.45) is 0. The summed E-state index contributed by atoms with van der Waals surface area (Å²) in [7, 11) is 0. The number of carbonyl (C=O) groups excluding carboxylic acids is 1. The van der Waals surface area contributed by atoms with Gasteiger partial charge in [0.1, 0.15) is 5.82 Å². The molecule has 2 aromatic rings. The summed E-state index contributed by atoms with van der Waals surface area (Å²) in [4.78, 5) is 14.9. The lowest BCUT2D eigenvalue weighted by molar-refractivity contribution is 0.102. The number of anilines is 1. The van der Waals surface area contributed by atoms with Crippen LogP contribution >= 0.6 is 11.5 Å². The van der Waals surface area contributed by atoms with Gasteiger partial charge in [-0.15, -0.1) is 5.10 Å². The summed E-state index contributed by atoms with van der Waals surface area (Å²) >= 11 is 1.07. The van der Waals surface area contributed by atoms with Gasteiger partial charge < -0.3 is 5.32 Å². The molecule has 2 rings (SSSR count). The number of carbonyl (C=O) groups is 1. The predicted molar refractivity (Wildman–Crippen MR) is 52.1 cm³/mol. The van der Waals surface area contributed by atoms with Gasteiger partial charge in [-0.25, -0.2) is 4.98 Å². The molecular formula is C8H5FN4OS. The van der Waals surface area contributed by atoms with Crippen LogP contribution in [0.15, 0.2) is 23.6 Å². The molecule has 0 spiro atoms. The standard InChI is InChI=1S/C8H5FN4OS/c9-6-2-1-3-7(10-6)11-8(14)5-4-15-13-12-5/h1-4H,(H,10,11,14). The van der Waals surface area contributed by atoms with Gasteiger partial charge in [0.15, 0.2) is 5.69 Å². The summed E-state index contributed by atoms with van der Waals surface area (Å²) in [6.45, 7) is 0. The van der Waals surface area contributed by atoms with E-state index in [2.05, 4.69) is 19.9 Å². The van der Waals surface area contributed by atoms with Crippen LogP contribution in [0.2, 0.25) is 0 Å². The molecule has 7 heteroatoms. The Balaban J connectivity index is 2.13. The Kier molecular flexibility index (Phi) is 2.64. The van der Waals surface area contributed by atoms with Crippen LogP contribution in [0.1, 0.15) is 10.5 Å². The van der Waals surface area contributed by atoms with Crippen molar-refractivity contribution in [1.29, 1.82) is 0 Å². The molecule has 2 heterocycles. The summed E-state index contributed by atoms with van der Waals surface area (Å²) < 4.78 is 16.2. The monoisotopic (exact) mass is 224 g/mol. The number of rotatable bonds is 2. The molecule has 0 fully saturated rings. The van der Waals surface area contributed by atoms with Crippen LogP contribution in [0.25, 0.3) is 0 Å². The van der Waals surface area contributed by atoms with Crippen LogP contribution < -0.4 is 5.32 Å². The average molecular weight is 224 g/mol. The third-order valence-corrected chi connectivity index (χ3v) is 2.05. The number of nitrogens with zero attached hydrogens (tertiary/aromatic N) is 3. The Bertz CT molecular complexity index is 473. The third kappa shape index (κ3) is 2.32. The van der Waals surface area contributed by atoms with Gasteiger partial charge in [0.05, 0.1) is 0 Å². The average Bonchev–Trinajstić information content (AvgIpc) is 2.70. The van der Waals surface area contributed by atoms with Gasteiger partial charge in [0.25, 0.3) is 5.91 Å². The Morgan fingerprint density at radius 2 is 2.33 bits per heavy atom. The lowest BCUT2D eigenvalue weighted by atomic mass is 10.4. The van der Waals surface area contributed by atoms with Gasteiger partial charge in [-0.05, 0) is 23.7 Å². The molecule has 76 valence electrons. The molecule has 2 aromatic heterocycles. The molecule has 0 aliphatic heterocycles. The highest BCUT2D eigenvalue weighted by atomic mass is 32.1. The van der Waals surface area contributed by atoms with E-state index in [1.165, 1.54) is 23.6 Å². The number of pyridine rings is 1. The zero-order valence-corrected chi connectivity index (χ0v) is 8.16. The van der Waals surface area contributed by atoms with Gasteiger partial charge in [-0.1, -0.05) is 10.6 Å². The first-order chi connectivity index (χ1) is 7.25. The van der Waals surface area contributed by atoms with Gasteiger partial charge in [-0.3, -0.25) is 4.79 Å². The van der Waals surface area contributed by atoms with Gasteiger partial charge in [-0.2, -0.15) is 4.39 Å². The van der Waals surface area contributed by atoms with Gasteiger partial charge in [0, 0.05) is 5.38 Å². The van der Waals surface area contributed by atoms with Crippen LogP contribution in [0, 0.1) is 5.95 Å². The fraction of sp³-hybridized carbons (Fsp3) is 0. The number of hydrogen-bond donors (Lipinski definition) is 1. The van der Waals surface area contributed by atoms with Crippen molar-refractivity contribution in [3.05, 3.63) is 35.2 Å². The van der Waals surface area contributed by atoms with Gasteiger partial charge >= 0.3 is 0 Å². The Morgan fingerprint density at radius 1 is 1.47 bits per heavy atom. The van der Waals surface area contributed by atoms with Crippen molar-refractivity contribution in [2.24, 2.45) is 0 Å². The van der Waals surface area contributed by atoms with E-state index in [1.54, 1.807) is 0 Å². The summed E-state index contributed by atoms with van der Waals surface area (Å²) in [5.41, 5.74) is 0.186. The van der Waals surface area contributed by atoms with Crippen molar-refractivity contribution in [2.75, 3.05) is 5.32 Å². The normalized spacial score (nSPS) is 9.93. The fourth-order valence-corrected chi connectivity index (χ4v) is 1.36. The van der Waals surface area contributed by atoms with Crippen LogP contribution in [-0.2, 0) is 0 Å². The molecule has 0 saturated heterocycles. The van der Waals surface area contributed by atoms with Crippen molar-refractivity contribution in [3.8, 4) is 0 Å². The maximum absolute atomic E-state index is 12.7. The number of nitrogens with one attached hydrogen (secondary N) is 1. The number of hydrogen-bond acceptors (Lipinski definition) is 5. The topological polar surface area (TPSA) is 67.8 Å². The molecule has 0 radical (unpaired) electrons. The van der Waals surface area contributed by atoms with E-state index in [0.717, 1.165) is 11.5 Å². The van der Waals surface area contributed by atoms with E-state index < -0.39 is 11.9 Å². The molecule has 0 saturated carbocycles. The Hall–Kier alpha value is -1.89. The van der Waals surface area contributed by atoms with Crippen molar-refractivity contribution in [2.45, 2.75) is 0 Å². The van der Waals surface area contributed by atoms with E-state index >= 15 is 0 Å². The lowest BCUT2D eigenvalue weighted by Crippen LogP contribution is -2.13. The fourth-order valence-electron chi connectivity index (χ4n) is 0.922. The van der Waals surface area contributed by atoms with Gasteiger partial charge in [0.2, 0.25) is 5.95 Å². The van der Waals surface area contributed by atoms with E-state index in [1.807, 2.05) is 0 Å². The summed E-state index contributed by atoms with van der Waals surface area (Å²) in [5, 5.41) is 7.46. The van der Waals surface area contributed by atoms with Crippen molar-refractivity contribution < 1.29 is 9.18 Å². The van der Waals surface area contributed by atoms with Crippen LogP contribution in [0.4, 0.5) is 10.2 Å². The Labute approximate surface area is 88.1 Å². The molecule has 15 heavy (non-hydrogen) atoms. The molecule has 0 atom stereocenters. The number of halogens is 1. The molecule has 1 amide bonds. The van der Waals surface area contributed by atoms with Crippen molar-refractivity contribution in [3.63, 3.8) is 0 Å². The molecule has 1 N–H and O–H groups in total. The van der Waals surface area contributed by atoms with E-state index in [-0.39, 0.29) is 11.5 Å². The minimum atomic E-state index is -0.649. The van der Waals surface area contributed by atoms with E-state index in [9.17, 15) is 9.18 Å². The predicted octanol–water partition coefficient (Wildman–Crippen LogP) is 1.32. The maximum Gasteiger partial charge on any atom is 0.278 e. The van der Waals surface area contributed by atoms with E-state index in [0.29, 0.717) is 0 Å². The maximum atomic E-state index is 12.7. The minimum absolute atomic E-state index is 0.146. The first-order valence-corrected chi connectivity index (χ1v) is 4.80. The summed E-state index contributed by atoms with van der Waals surface area (Å²) in [5.74, 6) is -0.959. The van der Waals surface area contributed by atoms with Crippen LogP contribution in [0.5, 0.6) is 0 Å². The molecule has 0 aromatic carbocycles. The Morgan fingerprint density at radius 3 is 3.00 bits per heavy atom. The molecule has 0 aliphatic carbocycles. The highest BCUT2D eigenvalue weighted by molar-refractivity contribution is 7.03. The molecule has 0 bridgehead atoms. The first-order valence-electron chi connectivity index (χ1n) is 3.96.